The van der Waals surface area contributed by atoms with Gasteiger partial charge in [0.05, 0.1) is 11.1 Å². The Morgan fingerprint density at radius 1 is 1.45 bits per heavy atom. The molecule has 1 aliphatic rings. The first-order valence-corrected chi connectivity index (χ1v) is 7.14. The minimum absolute atomic E-state index is 0.0194. The summed E-state index contributed by atoms with van der Waals surface area (Å²) in [5.74, 6) is 0.248. The van der Waals surface area contributed by atoms with E-state index in [1.54, 1.807) is 6.07 Å². The molecular formula is C16H19FN2O. The van der Waals surface area contributed by atoms with E-state index in [1.807, 2.05) is 17.9 Å². The van der Waals surface area contributed by atoms with Gasteiger partial charge in [0.2, 0.25) is 0 Å². The number of aromatic amines is 1. The Balaban J connectivity index is 2.03. The van der Waals surface area contributed by atoms with Crippen molar-refractivity contribution < 1.29 is 9.18 Å². The lowest BCUT2D eigenvalue weighted by Crippen LogP contribution is -2.39. The zero-order chi connectivity index (χ0) is 14.3. The minimum atomic E-state index is -0.309. The molecule has 1 aromatic heterocycles. The van der Waals surface area contributed by atoms with Crippen LogP contribution in [0.3, 0.4) is 0 Å². The maximum absolute atomic E-state index is 13.8. The number of carbonyl (C=O) groups is 1. The number of piperidine rings is 1. The first kappa shape index (κ1) is 13.2. The van der Waals surface area contributed by atoms with Crippen LogP contribution < -0.4 is 0 Å². The quantitative estimate of drug-likeness (QED) is 0.849. The van der Waals surface area contributed by atoms with E-state index in [1.165, 1.54) is 12.5 Å². The lowest BCUT2D eigenvalue weighted by molar-refractivity contribution is 0.0684. The molecule has 2 heterocycles. The Hall–Kier alpha value is -1.84. The summed E-state index contributed by atoms with van der Waals surface area (Å²) in [6.07, 6.45) is 2.22. The van der Waals surface area contributed by atoms with Gasteiger partial charge in [-0.05, 0) is 31.7 Å². The van der Waals surface area contributed by atoms with Gasteiger partial charge in [-0.3, -0.25) is 4.79 Å². The Labute approximate surface area is 117 Å². The van der Waals surface area contributed by atoms with Gasteiger partial charge in [0.1, 0.15) is 5.82 Å². The summed E-state index contributed by atoms with van der Waals surface area (Å²) in [5, 5.41) is 0.686. The molecule has 1 fully saturated rings. The number of aromatic nitrogens is 1. The van der Waals surface area contributed by atoms with Crippen LogP contribution in [0.5, 0.6) is 0 Å². The van der Waals surface area contributed by atoms with Gasteiger partial charge in [0.15, 0.2) is 0 Å². The second kappa shape index (κ2) is 4.93. The molecule has 1 atom stereocenters. The van der Waals surface area contributed by atoms with E-state index in [9.17, 15) is 9.18 Å². The van der Waals surface area contributed by atoms with Crippen molar-refractivity contribution in [3.8, 4) is 0 Å². The van der Waals surface area contributed by atoms with Gasteiger partial charge < -0.3 is 9.88 Å². The number of benzene rings is 1. The molecule has 1 aromatic carbocycles. The van der Waals surface area contributed by atoms with Crippen LogP contribution in [-0.4, -0.2) is 28.9 Å². The van der Waals surface area contributed by atoms with Crippen LogP contribution in [0.15, 0.2) is 18.2 Å². The molecule has 0 radical (unpaired) electrons. The molecule has 20 heavy (non-hydrogen) atoms. The van der Waals surface area contributed by atoms with Gasteiger partial charge in [0.25, 0.3) is 5.91 Å². The molecule has 2 aromatic rings. The minimum Gasteiger partial charge on any atom is -0.356 e. The topological polar surface area (TPSA) is 36.1 Å². The van der Waals surface area contributed by atoms with Crippen LogP contribution in [-0.2, 0) is 0 Å². The highest BCUT2D eigenvalue weighted by Crippen LogP contribution is 2.27. The highest BCUT2D eigenvalue weighted by Gasteiger charge is 2.26. The number of halogens is 1. The van der Waals surface area contributed by atoms with Crippen molar-refractivity contribution >= 4 is 16.8 Å². The standard InChI is InChI=1S/C16H19FN2O/c1-10-5-4-8-19(9-10)16(20)14-11(2)18-15-12(14)6-3-7-13(15)17/h3,6-7,10,18H,4-5,8-9H2,1-2H3. The third-order valence-electron chi connectivity index (χ3n) is 4.13. The van der Waals surface area contributed by atoms with E-state index in [4.69, 9.17) is 0 Å². The van der Waals surface area contributed by atoms with E-state index in [-0.39, 0.29) is 11.7 Å². The Morgan fingerprint density at radius 3 is 3.00 bits per heavy atom. The van der Waals surface area contributed by atoms with E-state index in [0.29, 0.717) is 22.4 Å². The summed E-state index contributed by atoms with van der Waals surface area (Å²) in [7, 11) is 0. The van der Waals surface area contributed by atoms with Crippen LogP contribution in [0.4, 0.5) is 4.39 Å². The predicted octanol–water partition coefficient (Wildman–Crippen LogP) is 3.49. The van der Waals surface area contributed by atoms with Crippen LogP contribution in [0.25, 0.3) is 10.9 Å². The number of carbonyl (C=O) groups excluding carboxylic acids is 1. The largest absolute Gasteiger partial charge is 0.356 e. The number of likely N-dealkylation sites (tertiary alicyclic amines) is 1. The van der Waals surface area contributed by atoms with Crippen molar-refractivity contribution in [2.45, 2.75) is 26.7 Å². The molecular weight excluding hydrogens is 255 g/mol. The Morgan fingerprint density at radius 2 is 2.25 bits per heavy atom. The number of H-pyrrole nitrogens is 1. The fourth-order valence-corrected chi connectivity index (χ4v) is 3.12. The second-order valence-corrected chi connectivity index (χ2v) is 5.79. The number of hydrogen-bond acceptors (Lipinski definition) is 1. The van der Waals surface area contributed by atoms with Crippen molar-refractivity contribution in [1.82, 2.24) is 9.88 Å². The number of nitrogens with one attached hydrogen (secondary N) is 1. The molecule has 4 heteroatoms. The van der Waals surface area contributed by atoms with Crippen LogP contribution >= 0.6 is 0 Å². The molecule has 3 rings (SSSR count). The number of hydrogen-bond donors (Lipinski definition) is 1. The monoisotopic (exact) mass is 274 g/mol. The molecule has 0 bridgehead atoms. The first-order valence-electron chi connectivity index (χ1n) is 7.14. The van der Waals surface area contributed by atoms with Crippen molar-refractivity contribution in [2.75, 3.05) is 13.1 Å². The first-order chi connectivity index (χ1) is 9.58. The number of nitrogens with zero attached hydrogens (tertiary/aromatic N) is 1. The molecule has 1 N–H and O–H groups in total. The van der Waals surface area contributed by atoms with E-state index in [2.05, 4.69) is 11.9 Å². The van der Waals surface area contributed by atoms with Gasteiger partial charge >= 0.3 is 0 Å². The third kappa shape index (κ3) is 2.09. The average molecular weight is 274 g/mol. The number of aryl methyl sites for hydroxylation is 1. The summed E-state index contributed by atoms with van der Waals surface area (Å²) in [4.78, 5) is 17.6. The zero-order valence-electron chi connectivity index (χ0n) is 11.9. The predicted molar refractivity (Wildman–Crippen MR) is 77.3 cm³/mol. The maximum Gasteiger partial charge on any atom is 0.256 e. The number of fused-ring (bicyclic) bond motifs is 1. The highest BCUT2D eigenvalue weighted by molar-refractivity contribution is 6.08. The highest BCUT2D eigenvalue weighted by atomic mass is 19.1. The lowest BCUT2D eigenvalue weighted by Gasteiger charge is -2.31. The Kier molecular flexibility index (Phi) is 3.24. The van der Waals surface area contributed by atoms with Gasteiger partial charge in [-0.2, -0.15) is 0 Å². The molecule has 1 amide bonds. The molecule has 3 nitrogen and oxygen atoms in total. The molecule has 0 aliphatic carbocycles. The smallest absolute Gasteiger partial charge is 0.256 e. The molecule has 1 unspecified atom stereocenters. The summed E-state index contributed by atoms with van der Waals surface area (Å²) in [6.45, 7) is 5.59. The van der Waals surface area contributed by atoms with E-state index < -0.39 is 0 Å². The molecule has 1 aliphatic heterocycles. The van der Waals surface area contributed by atoms with Crippen LogP contribution in [0, 0.1) is 18.7 Å². The Bertz CT molecular complexity index is 662. The van der Waals surface area contributed by atoms with E-state index in [0.717, 1.165) is 25.2 Å². The van der Waals surface area contributed by atoms with Crippen molar-refractivity contribution in [3.63, 3.8) is 0 Å². The molecule has 0 spiro atoms. The normalized spacial score (nSPS) is 19.6. The molecule has 0 saturated carbocycles. The van der Waals surface area contributed by atoms with Crippen molar-refractivity contribution in [3.05, 3.63) is 35.3 Å². The van der Waals surface area contributed by atoms with Crippen molar-refractivity contribution in [2.24, 2.45) is 5.92 Å². The van der Waals surface area contributed by atoms with Gasteiger partial charge in [-0.15, -0.1) is 0 Å². The molecule has 106 valence electrons. The van der Waals surface area contributed by atoms with Gasteiger partial charge in [-0.1, -0.05) is 19.1 Å². The summed E-state index contributed by atoms with van der Waals surface area (Å²) >= 11 is 0. The van der Waals surface area contributed by atoms with Crippen LogP contribution in [0.1, 0.15) is 35.8 Å². The van der Waals surface area contributed by atoms with E-state index >= 15 is 0 Å². The number of para-hydroxylation sites is 1. The fourth-order valence-electron chi connectivity index (χ4n) is 3.12. The van der Waals surface area contributed by atoms with Gasteiger partial charge in [0, 0.05) is 24.2 Å². The maximum atomic E-state index is 13.8. The lowest BCUT2D eigenvalue weighted by atomic mass is 9.99. The summed E-state index contributed by atoms with van der Waals surface area (Å²) in [5.41, 5.74) is 1.79. The fraction of sp³-hybridized carbons (Fsp3) is 0.438. The SMILES string of the molecule is Cc1[nH]c2c(F)cccc2c1C(=O)N1CCCC(C)C1. The number of amides is 1. The summed E-state index contributed by atoms with van der Waals surface area (Å²) < 4.78 is 13.8. The summed E-state index contributed by atoms with van der Waals surface area (Å²) in [6, 6.07) is 4.87. The van der Waals surface area contributed by atoms with Gasteiger partial charge in [-0.25, -0.2) is 4.39 Å². The third-order valence-corrected chi connectivity index (χ3v) is 4.13. The van der Waals surface area contributed by atoms with Crippen molar-refractivity contribution in [1.29, 1.82) is 0 Å². The average Bonchev–Trinajstić information content (AvgIpc) is 2.76. The zero-order valence-corrected chi connectivity index (χ0v) is 11.9. The number of rotatable bonds is 1. The molecule has 1 saturated heterocycles. The second-order valence-electron chi connectivity index (χ2n) is 5.79. The van der Waals surface area contributed by atoms with Crippen LogP contribution in [0.2, 0.25) is 0 Å².